The van der Waals surface area contributed by atoms with E-state index in [4.69, 9.17) is 17.3 Å². The molecule has 20 heavy (non-hydrogen) atoms. The van der Waals surface area contributed by atoms with Crippen LogP contribution in [-0.2, 0) is 11.2 Å². The average molecular weight is 354 g/mol. The van der Waals surface area contributed by atoms with Gasteiger partial charge in [0.25, 0.3) is 0 Å². The number of carbonyl (C=O) groups excluding carboxylic acids is 1. The van der Waals surface area contributed by atoms with Gasteiger partial charge in [-0.3, -0.25) is 4.79 Å². The predicted molar refractivity (Wildman–Crippen MR) is 87.1 cm³/mol. The maximum absolute atomic E-state index is 12.3. The topological polar surface area (TPSA) is 46.3 Å². The van der Waals surface area contributed by atoms with Crippen LogP contribution in [0.15, 0.2) is 46.9 Å². The van der Waals surface area contributed by atoms with Crippen molar-refractivity contribution in [1.29, 1.82) is 0 Å². The van der Waals surface area contributed by atoms with Crippen molar-refractivity contribution in [2.45, 2.75) is 6.42 Å². The maximum atomic E-state index is 12.3. The van der Waals surface area contributed by atoms with Crippen LogP contribution in [0.4, 0.5) is 11.4 Å². The Balaban J connectivity index is 2.18. The minimum Gasteiger partial charge on any atom is -0.397 e. The highest BCUT2D eigenvalue weighted by Crippen LogP contribution is 2.26. The molecule has 0 unspecified atom stereocenters. The largest absolute Gasteiger partial charge is 0.397 e. The summed E-state index contributed by atoms with van der Waals surface area (Å²) in [5.74, 6) is -0.0444. The van der Waals surface area contributed by atoms with Gasteiger partial charge in [-0.25, -0.2) is 0 Å². The lowest BCUT2D eigenvalue weighted by molar-refractivity contribution is -0.117. The Morgan fingerprint density at radius 2 is 2.05 bits per heavy atom. The van der Waals surface area contributed by atoms with E-state index in [1.807, 2.05) is 24.3 Å². The third-order valence-electron chi connectivity index (χ3n) is 2.97. The average Bonchev–Trinajstić information content (AvgIpc) is 2.40. The highest BCUT2D eigenvalue weighted by Gasteiger charge is 2.14. The van der Waals surface area contributed by atoms with E-state index in [1.54, 1.807) is 25.2 Å². The third kappa shape index (κ3) is 3.52. The van der Waals surface area contributed by atoms with Gasteiger partial charge in [-0.1, -0.05) is 39.7 Å². The summed E-state index contributed by atoms with van der Waals surface area (Å²) in [6.07, 6.45) is 0.307. The molecule has 0 saturated carbocycles. The number of rotatable bonds is 3. The SMILES string of the molecule is CN(C(=O)Cc1cccc(Br)c1)c1cc(Cl)ccc1N. The van der Waals surface area contributed by atoms with E-state index < -0.39 is 0 Å². The van der Waals surface area contributed by atoms with Gasteiger partial charge in [0.1, 0.15) is 0 Å². The van der Waals surface area contributed by atoms with E-state index in [2.05, 4.69) is 15.9 Å². The quantitative estimate of drug-likeness (QED) is 0.851. The molecule has 2 aromatic carbocycles. The highest BCUT2D eigenvalue weighted by atomic mass is 79.9. The summed E-state index contributed by atoms with van der Waals surface area (Å²) < 4.78 is 0.952. The minimum absolute atomic E-state index is 0.0444. The second-order valence-electron chi connectivity index (χ2n) is 4.46. The Bertz CT molecular complexity index is 646. The van der Waals surface area contributed by atoms with Crippen molar-refractivity contribution in [3.63, 3.8) is 0 Å². The number of carbonyl (C=O) groups is 1. The van der Waals surface area contributed by atoms with Gasteiger partial charge in [-0.05, 0) is 35.9 Å². The molecule has 0 saturated heterocycles. The van der Waals surface area contributed by atoms with Gasteiger partial charge < -0.3 is 10.6 Å². The van der Waals surface area contributed by atoms with Crippen LogP contribution in [0.1, 0.15) is 5.56 Å². The van der Waals surface area contributed by atoms with Crippen LogP contribution >= 0.6 is 27.5 Å². The lowest BCUT2D eigenvalue weighted by Gasteiger charge is -2.19. The van der Waals surface area contributed by atoms with Crippen LogP contribution < -0.4 is 10.6 Å². The molecular formula is C15H14BrClN2O. The normalized spacial score (nSPS) is 10.3. The summed E-state index contributed by atoms with van der Waals surface area (Å²) in [7, 11) is 1.70. The second-order valence-corrected chi connectivity index (χ2v) is 5.81. The number of nitrogens with two attached hydrogens (primary N) is 1. The van der Waals surface area contributed by atoms with Crippen molar-refractivity contribution < 1.29 is 4.79 Å². The van der Waals surface area contributed by atoms with Crippen LogP contribution in [0, 0.1) is 0 Å². The standard InChI is InChI=1S/C15H14BrClN2O/c1-19(14-9-12(17)5-6-13(14)18)15(20)8-10-3-2-4-11(16)7-10/h2-7,9H,8,18H2,1H3. The minimum atomic E-state index is -0.0444. The smallest absolute Gasteiger partial charge is 0.231 e. The first-order valence-electron chi connectivity index (χ1n) is 6.03. The number of anilines is 2. The van der Waals surface area contributed by atoms with Crippen LogP contribution in [0.2, 0.25) is 5.02 Å². The highest BCUT2D eigenvalue weighted by molar-refractivity contribution is 9.10. The second kappa shape index (κ2) is 6.29. The summed E-state index contributed by atoms with van der Waals surface area (Å²) in [5.41, 5.74) is 7.98. The van der Waals surface area contributed by atoms with Crippen LogP contribution in [0.5, 0.6) is 0 Å². The number of nitrogen functional groups attached to an aromatic ring is 1. The lowest BCUT2D eigenvalue weighted by Crippen LogP contribution is -2.28. The molecule has 0 aromatic heterocycles. The molecule has 0 aliphatic heterocycles. The van der Waals surface area contributed by atoms with Crippen LogP contribution in [-0.4, -0.2) is 13.0 Å². The summed E-state index contributed by atoms with van der Waals surface area (Å²) in [6.45, 7) is 0. The summed E-state index contributed by atoms with van der Waals surface area (Å²) in [4.78, 5) is 13.8. The molecule has 0 spiro atoms. The summed E-state index contributed by atoms with van der Waals surface area (Å²) in [5, 5.41) is 0.552. The van der Waals surface area contributed by atoms with E-state index in [1.165, 1.54) is 4.90 Å². The molecule has 0 heterocycles. The summed E-state index contributed by atoms with van der Waals surface area (Å²) in [6, 6.07) is 12.8. The first-order chi connectivity index (χ1) is 9.47. The molecule has 2 rings (SSSR count). The number of benzene rings is 2. The van der Waals surface area contributed by atoms with Crippen molar-refractivity contribution in [2.75, 3.05) is 17.7 Å². The molecule has 0 fully saturated rings. The van der Waals surface area contributed by atoms with Gasteiger partial charge in [0, 0.05) is 16.5 Å². The van der Waals surface area contributed by atoms with E-state index >= 15 is 0 Å². The molecule has 2 N–H and O–H groups in total. The zero-order valence-electron chi connectivity index (χ0n) is 10.9. The molecular weight excluding hydrogens is 340 g/mol. The fourth-order valence-corrected chi connectivity index (χ4v) is 2.49. The van der Waals surface area contributed by atoms with Gasteiger partial charge in [0.2, 0.25) is 5.91 Å². The zero-order chi connectivity index (χ0) is 14.7. The van der Waals surface area contributed by atoms with Crippen molar-refractivity contribution in [1.82, 2.24) is 0 Å². The van der Waals surface area contributed by atoms with Crippen molar-refractivity contribution in [2.24, 2.45) is 0 Å². The number of nitrogens with zero attached hydrogens (tertiary/aromatic N) is 1. The molecule has 0 aliphatic rings. The molecule has 3 nitrogen and oxygen atoms in total. The van der Waals surface area contributed by atoms with Gasteiger partial charge in [-0.2, -0.15) is 0 Å². The predicted octanol–water partition coefficient (Wildman–Crippen LogP) is 3.89. The Kier molecular flexibility index (Phi) is 4.68. The van der Waals surface area contributed by atoms with E-state index in [9.17, 15) is 4.79 Å². The Hall–Kier alpha value is -1.52. The van der Waals surface area contributed by atoms with Crippen molar-refractivity contribution in [3.8, 4) is 0 Å². The maximum Gasteiger partial charge on any atom is 0.231 e. The summed E-state index contributed by atoms with van der Waals surface area (Å²) >= 11 is 9.34. The first kappa shape index (κ1) is 14.9. The van der Waals surface area contributed by atoms with Gasteiger partial charge >= 0.3 is 0 Å². The number of halogens is 2. The van der Waals surface area contributed by atoms with Gasteiger partial charge in [-0.15, -0.1) is 0 Å². The van der Waals surface area contributed by atoms with E-state index in [-0.39, 0.29) is 5.91 Å². The number of hydrogen-bond acceptors (Lipinski definition) is 2. The molecule has 0 radical (unpaired) electrons. The molecule has 0 bridgehead atoms. The molecule has 1 amide bonds. The lowest BCUT2D eigenvalue weighted by atomic mass is 10.1. The fourth-order valence-electron chi connectivity index (χ4n) is 1.88. The van der Waals surface area contributed by atoms with Crippen LogP contribution in [0.3, 0.4) is 0 Å². The Labute approximate surface area is 131 Å². The van der Waals surface area contributed by atoms with E-state index in [0.29, 0.717) is 22.8 Å². The van der Waals surface area contributed by atoms with Crippen molar-refractivity contribution in [3.05, 3.63) is 57.5 Å². The molecule has 0 atom stereocenters. The number of amides is 1. The van der Waals surface area contributed by atoms with Crippen molar-refractivity contribution >= 4 is 44.8 Å². The molecule has 104 valence electrons. The monoisotopic (exact) mass is 352 g/mol. The molecule has 0 aliphatic carbocycles. The van der Waals surface area contributed by atoms with Gasteiger partial charge in [0.05, 0.1) is 17.8 Å². The van der Waals surface area contributed by atoms with Crippen LogP contribution in [0.25, 0.3) is 0 Å². The molecule has 5 heteroatoms. The Morgan fingerprint density at radius 1 is 1.30 bits per heavy atom. The fraction of sp³-hybridized carbons (Fsp3) is 0.133. The molecule has 2 aromatic rings. The van der Waals surface area contributed by atoms with Gasteiger partial charge in [0.15, 0.2) is 0 Å². The Morgan fingerprint density at radius 3 is 2.75 bits per heavy atom. The third-order valence-corrected chi connectivity index (χ3v) is 3.70. The first-order valence-corrected chi connectivity index (χ1v) is 7.20. The zero-order valence-corrected chi connectivity index (χ0v) is 13.3. The number of likely N-dealkylation sites (N-methyl/N-ethyl adjacent to an activating group) is 1. The van der Waals surface area contributed by atoms with E-state index in [0.717, 1.165) is 10.0 Å². The number of hydrogen-bond donors (Lipinski definition) is 1.